The van der Waals surface area contributed by atoms with Gasteiger partial charge in [0.1, 0.15) is 5.75 Å². The summed E-state index contributed by atoms with van der Waals surface area (Å²) < 4.78 is 10.3. The Hall–Kier alpha value is -3.74. The quantitative estimate of drug-likeness (QED) is 0.338. The van der Waals surface area contributed by atoms with Crippen LogP contribution < -0.4 is 14.9 Å². The molecular formula is C16H13BrN4O8. The predicted molar refractivity (Wildman–Crippen MR) is 103 cm³/mol. The molecule has 0 heterocycles. The molecule has 0 saturated heterocycles. The molecule has 1 amide bonds. The van der Waals surface area contributed by atoms with Crippen molar-refractivity contribution in [3.63, 3.8) is 0 Å². The number of phenolic OH excluding ortho intramolecular Hbond substituents is 1. The van der Waals surface area contributed by atoms with Crippen LogP contribution in [0.25, 0.3) is 0 Å². The molecule has 2 N–H and O–H groups in total. The lowest BCUT2D eigenvalue weighted by Gasteiger charge is -2.07. The van der Waals surface area contributed by atoms with Gasteiger partial charge in [0.05, 0.1) is 33.2 Å². The number of aromatic hydroxyl groups is 1. The number of ether oxygens (including phenoxy) is 2. The molecule has 0 fully saturated rings. The maximum atomic E-state index is 11.8. The van der Waals surface area contributed by atoms with Crippen LogP contribution in [0.3, 0.4) is 0 Å². The van der Waals surface area contributed by atoms with Gasteiger partial charge in [-0.15, -0.1) is 0 Å². The Kier molecular flexibility index (Phi) is 7.03. The van der Waals surface area contributed by atoms with E-state index < -0.39 is 33.8 Å². The number of benzene rings is 2. The van der Waals surface area contributed by atoms with Crippen molar-refractivity contribution >= 4 is 39.4 Å². The molecule has 0 spiro atoms. The Morgan fingerprint density at radius 1 is 1.28 bits per heavy atom. The van der Waals surface area contributed by atoms with Gasteiger partial charge in [0.2, 0.25) is 5.75 Å². The third-order valence-electron chi connectivity index (χ3n) is 3.41. The molecule has 2 aromatic carbocycles. The number of hydrogen-bond acceptors (Lipinski definition) is 9. The lowest BCUT2D eigenvalue weighted by atomic mass is 10.1. The highest BCUT2D eigenvalue weighted by Gasteiger charge is 2.23. The minimum Gasteiger partial charge on any atom is -0.504 e. The molecule has 0 radical (unpaired) electrons. The maximum Gasteiger partial charge on any atom is 0.323 e. The van der Waals surface area contributed by atoms with E-state index in [0.717, 1.165) is 6.21 Å². The number of halogens is 1. The second-order valence-electron chi connectivity index (χ2n) is 5.27. The van der Waals surface area contributed by atoms with Crippen LogP contribution in [-0.4, -0.2) is 40.8 Å². The van der Waals surface area contributed by atoms with Crippen LogP contribution in [-0.2, 0) is 4.79 Å². The molecule has 0 aliphatic heterocycles. The normalized spacial score (nSPS) is 10.6. The number of phenols is 1. The van der Waals surface area contributed by atoms with E-state index in [0.29, 0.717) is 0 Å². The van der Waals surface area contributed by atoms with E-state index in [2.05, 4.69) is 26.5 Å². The fourth-order valence-electron chi connectivity index (χ4n) is 2.14. The molecule has 0 unspecified atom stereocenters. The SMILES string of the molecule is COc1c(O)ccc(/C=N\NC(=O)COc2ccc([N+](=O)[O-])cc2Br)c1[N+](=O)[O-]. The number of non-ortho nitro benzene ring substituents is 1. The lowest BCUT2D eigenvalue weighted by molar-refractivity contribution is -0.386. The average molecular weight is 469 g/mol. The zero-order valence-corrected chi connectivity index (χ0v) is 16.3. The van der Waals surface area contributed by atoms with Gasteiger partial charge in [-0.25, -0.2) is 5.43 Å². The number of hydrazone groups is 1. The highest BCUT2D eigenvalue weighted by Crippen LogP contribution is 2.37. The van der Waals surface area contributed by atoms with Gasteiger partial charge in [-0.05, 0) is 34.1 Å². The van der Waals surface area contributed by atoms with E-state index in [9.17, 15) is 30.1 Å². The van der Waals surface area contributed by atoms with Crippen molar-refractivity contribution in [3.05, 3.63) is 60.6 Å². The number of nitrogens with zero attached hydrogens (tertiary/aromatic N) is 3. The number of nitro groups is 2. The van der Waals surface area contributed by atoms with Crippen molar-refractivity contribution in [2.45, 2.75) is 0 Å². The molecule has 2 aromatic rings. The van der Waals surface area contributed by atoms with Crippen LogP contribution in [0.2, 0.25) is 0 Å². The minimum atomic E-state index is -0.753. The molecule has 12 nitrogen and oxygen atoms in total. The number of methoxy groups -OCH3 is 1. The average Bonchev–Trinajstić information content (AvgIpc) is 2.67. The Morgan fingerprint density at radius 2 is 2.00 bits per heavy atom. The predicted octanol–water partition coefficient (Wildman–Crippen LogP) is 2.51. The first kappa shape index (κ1) is 21.6. The monoisotopic (exact) mass is 468 g/mol. The summed E-state index contributed by atoms with van der Waals surface area (Å²) in [5, 5.41) is 35.1. The number of hydrogen-bond donors (Lipinski definition) is 2. The van der Waals surface area contributed by atoms with E-state index in [-0.39, 0.29) is 27.2 Å². The molecular weight excluding hydrogens is 456 g/mol. The molecule has 0 aliphatic carbocycles. The molecule has 29 heavy (non-hydrogen) atoms. The van der Waals surface area contributed by atoms with Crippen molar-refractivity contribution in [1.82, 2.24) is 5.43 Å². The van der Waals surface area contributed by atoms with Gasteiger partial charge in [-0.3, -0.25) is 25.0 Å². The van der Waals surface area contributed by atoms with Crippen LogP contribution in [0.5, 0.6) is 17.2 Å². The number of nitrogens with one attached hydrogen (secondary N) is 1. The summed E-state index contributed by atoms with van der Waals surface area (Å²) in [6.45, 7) is -0.464. The molecule has 2 rings (SSSR count). The first-order chi connectivity index (χ1) is 13.7. The third kappa shape index (κ3) is 5.38. The van der Waals surface area contributed by atoms with Crippen LogP contribution in [0, 0.1) is 20.2 Å². The Bertz CT molecular complexity index is 995. The molecule has 0 saturated carbocycles. The second kappa shape index (κ2) is 9.45. The topological polar surface area (TPSA) is 166 Å². The first-order valence-electron chi connectivity index (χ1n) is 7.67. The molecule has 0 aliphatic rings. The largest absolute Gasteiger partial charge is 0.504 e. The van der Waals surface area contributed by atoms with Gasteiger partial charge in [-0.1, -0.05) is 0 Å². The van der Waals surface area contributed by atoms with Gasteiger partial charge in [0.25, 0.3) is 11.6 Å². The van der Waals surface area contributed by atoms with Crippen LogP contribution >= 0.6 is 15.9 Å². The number of amides is 1. The highest BCUT2D eigenvalue weighted by atomic mass is 79.9. The van der Waals surface area contributed by atoms with Crippen LogP contribution in [0.4, 0.5) is 11.4 Å². The second-order valence-corrected chi connectivity index (χ2v) is 6.12. The summed E-state index contributed by atoms with van der Waals surface area (Å²) >= 11 is 3.10. The van der Waals surface area contributed by atoms with Crippen molar-refractivity contribution in [2.24, 2.45) is 5.10 Å². The summed E-state index contributed by atoms with van der Waals surface area (Å²) in [5.41, 5.74) is 1.45. The van der Waals surface area contributed by atoms with Crippen LogP contribution in [0.1, 0.15) is 5.56 Å². The zero-order chi connectivity index (χ0) is 21.6. The van der Waals surface area contributed by atoms with E-state index >= 15 is 0 Å². The highest BCUT2D eigenvalue weighted by molar-refractivity contribution is 9.10. The van der Waals surface area contributed by atoms with Gasteiger partial charge in [-0.2, -0.15) is 5.10 Å². The standard InChI is InChI=1S/C16H13BrN4O8/c1-28-16-12(22)4-2-9(15(16)21(26)27)7-18-19-14(23)8-29-13-5-3-10(20(24)25)6-11(13)17/h2-7,22H,8H2,1H3,(H,19,23)/b18-7-. The molecule has 0 bridgehead atoms. The summed E-state index contributed by atoms with van der Waals surface area (Å²) in [7, 11) is 1.17. The fraction of sp³-hybridized carbons (Fsp3) is 0.125. The molecule has 0 atom stereocenters. The van der Waals surface area contributed by atoms with Gasteiger partial charge in [0, 0.05) is 12.1 Å². The molecule has 0 aromatic heterocycles. The fourth-order valence-corrected chi connectivity index (χ4v) is 2.62. The van der Waals surface area contributed by atoms with Gasteiger partial charge < -0.3 is 14.6 Å². The number of nitro benzene ring substituents is 2. The minimum absolute atomic E-state index is 0.0102. The van der Waals surface area contributed by atoms with E-state index in [4.69, 9.17) is 9.47 Å². The Balaban J connectivity index is 2.02. The van der Waals surface area contributed by atoms with E-state index in [1.165, 1.54) is 37.4 Å². The first-order valence-corrected chi connectivity index (χ1v) is 8.47. The lowest BCUT2D eigenvalue weighted by Crippen LogP contribution is -2.24. The summed E-state index contributed by atoms with van der Waals surface area (Å²) in [6, 6.07) is 6.18. The zero-order valence-electron chi connectivity index (χ0n) is 14.7. The molecule has 152 valence electrons. The number of carbonyl (C=O) groups is 1. The van der Waals surface area contributed by atoms with Crippen LogP contribution in [0.15, 0.2) is 39.9 Å². The molecule has 13 heteroatoms. The van der Waals surface area contributed by atoms with Crippen molar-refractivity contribution < 1.29 is 29.2 Å². The van der Waals surface area contributed by atoms with E-state index in [1.807, 2.05) is 0 Å². The van der Waals surface area contributed by atoms with Crippen molar-refractivity contribution in [2.75, 3.05) is 13.7 Å². The van der Waals surface area contributed by atoms with Gasteiger partial charge >= 0.3 is 5.69 Å². The summed E-state index contributed by atoms with van der Waals surface area (Å²) in [4.78, 5) is 32.4. The number of carbonyl (C=O) groups excluding carboxylic acids is 1. The van der Waals surface area contributed by atoms with Gasteiger partial charge in [0.15, 0.2) is 12.4 Å². The Labute approximate surface area is 171 Å². The summed E-state index contributed by atoms with van der Waals surface area (Å²) in [5.74, 6) is -1.23. The number of rotatable bonds is 8. The smallest absolute Gasteiger partial charge is 0.323 e. The third-order valence-corrected chi connectivity index (χ3v) is 4.03. The van der Waals surface area contributed by atoms with Crippen molar-refractivity contribution in [3.8, 4) is 17.2 Å². The van der Waals surface area contributed by atoms with Crippen molar-refractivity contribution in [1.29, 1.82) is 0 Å². The van der Waals surface area contributed by atoms with E-state index in [1.54, 1.807) is 0 Å². The Morgan fingerprint density at radius 3 is 2.59 bits per heavy atom. The maximum absolute atomic E-state index is 11.8. The summed E-state index contributed by atoms with van der Waals surface area (Å²) in [6.07, 6.45) is 1.01.